The van der Waals surface area contributed by atoms with Crippen LogP contribution in [0.5, 0.6) is 0 Å². The number of benzene rings is 1. The molecule has 2 aromatic heterocycles. The van der Waals surface area contributed by atoms with Crippen molar-refractivity contribution in [1.82, 2.24) is 25.0 Å². The van der Waals surface area contributed by atoms with Gasteiger partial charge in [0.2, 0.25) is 0 Å². The fourth-order valence-electron chi connectivity index (χ4n) is 1.72. The second-order valence-electron chi connectivity index (χ2n) is 3.70. The van der Waals surface area contributed by atoms with E-state index < -0.39 is 0 Å². The van der Waals surface area contributed by atoms with Gasteiger partial charge in [0.05, 0.1) is 16.9 Å². The Morgan fingerprint density at radius 3 is 2.83 bits per heavy atom. The molecule has 0 unspecified atom stereocenters. The minimum absolute atomic E-state index is 0.513. The Morgan fingerprint density at radius 2 is 2.22 bits per heavy atom. The van der Waals surface area contributed by atoms with Crippen LogP contribution >= 0.6 is 11.6 Å². The molecule has 0 bridgehead atoms. The van der Waals surface area contributed by atoms with Crippen LogP contribution in [0.3, 0.4) is 0 Å². The quantitative estimate of drug-likeness (QED) is 0.737. The van der Waals surface area contributed by atoms with Crippen molar-refractivity contribution in [2.45, 2.75) is 0 Å². The number of nitrogen functional groups attached to an aromatic ring is 1. The highest BCUT2D eigenvalue weighted by atomic mass is 35.5. The Hall–Kier alpha value is -2.34. The van der Waals surface area contributed by atoms with Gasteiger partial charge in [-0.1, -0.05) is 17.7 Å². The molecule has 0 amide bonds. The zero-order chi connectivity index (χ0) is 12.5. The van der Waals surface area contributed by atoms with Crippen molar-refractivity contribution in [3.05, 3.63) is 42.1 Å². The molecule has 1 aromatic carbocycles. The van der Waals surface area contributed by atoms with Gasteiger partial charge >= 0.3 is 0 Å². The molecule has 18 heavy (non-hydrogen) atoms. The summed E-state index contributed by atoms with van der Waals surface area (Å²) in [5.74, 6) is 0.513. The summed E-state index contributed by atoms with van der Waals surface area (Å²) in [6.45, 7) is 0. The Labute approximate surface area is 107 Å². The molecular formula is C11H9ClN6. The average molecular weight is 261 g/mol. The van der Waals surface area contributed by atoms with Crippen LogP contribution in [-0.4, -0.2) is 25.0 Å². The summed E-state index contributed by atoms with van der Waals surface area (Å²) in [4.78, 5) is 3.88. The predicted octanol–water partition coefficient (Wildman–Crippen LogP) is 1.89. The minimum atomic E-state index is 0.513. The summed E-state index contributed by atoms with van der Waals surface area (Å²) in [6.07, 6.45) is 4.71. The fraction of sp³-hybridized carbons (Fsp3) is 0. The number of hydrogen-bond donors (Lipinski definition) is 2. The largest absolute Gasteiger partial charge is 0.384 e. The van der Waals surface area contributed by atoms with Gasteiger partial charge in [0, 0.05) is 5.56 Å². The molecule has 2 heterocycles. The van der Waals surface area contributed by atoms with Gasteiger partial charge in [-0.3, -0.25) is 5.10 Å². The van der Waals surface area contributed by atoms with Crippen LogP contribution in [0.2, 0.25) is 5.02 Å². The number of H-pyrrole nitrogens is 1. The highest BCUT2D eigenvalue weighted by Gasteiger charge is 2.09. The van der Waals surface area contributed by atoms with Gasteiger partial charge in [-0.15, -0.1) is 0 Å². The monoisotopic (exact) mass is 260 g/mol. The smallest absolute Gasteiger partial charge is 0.138 e. The summed E-state index contributed by atoms with van der Waals surface area (Å²) >= 11 is 6.23. The zero-order valence-electron chi connectivity index (χ0n) is 9.21. The van der Waals surface area contributed by atoms with Gasteiger partial charge in [0.15, 0.2) is 0 Å². The van der Waals surface area contributed by atoms with Crippen LogP contribution in [0.25, 0.3) is 16.8 Å². The predicted molar refractivity (Wildman–Crippen MR) is 68.4 cm³/mol. The Bertz CT molecular complexity index is 673. The van der Waals surface area contributed by atoms with E-state index in [-0.39, 0.29) is 0 Å². The minimum Gasteiger partial charge on any atom is -0.384 e. The van der Waals surface area contributed by atoms with Crippen molar-refractivity contribution in [2.24, 2.45) is 0 Å². The number of nitrogens with one attached hydrogen (secondary N) is 1. The van der Waals surface area contributed by atoms with E-state index in [2.05, 4.69) is 20.3 Å². The molecule has 0 saturated heterocycles. The third kappa shape index (κ3) is 1.72. The summed E-state index contributed by atoms with van der Waals surface area (Å²) in [5.41, 5.74) is 8.25. The lowest BCUT2D eigenvalue weighted by Gasteiger charge is -2.06. The molecule has 0 spiro atoms. The number of nitrogens with zero attached hydrogens (tertiary/aromatic N) is 4. The molecule has 6 nitrogen and oxygen atoms in total. The van der Waals surface area contributed by atoms with Crippen molar-refractivity contribution < 1.29 is 0 Å². The number of anilines is 1. The van der Waals surface area contributed by atoms with Gasteiger partial charge in [-0.2, -0.15) is 10.2 Å². The first-order chi connectivity index (χ1) is 8.75. The molecule has 3 rings (SSSR count). The maximum Gasteiger partial charge on any atom is 0.138 e. The van der Waals surface area contributed by atoms with E-state index in [4.69, 9.17) is 17.3 Å². The Kier molecular flexibility index (Phi) is 2.49. The van der Waals surface area contributed by atoms with E-state index in [1.54, 1.807) is 17.2 Å². The topological polar surface area (TPSA) is 85.4 Å². The van der Waals surface area contributed by atoms with Gasteiger partial charge in [-0.05, 0) is 17.7 Å². The molecule has 0 saturated carbocycles. The molecule has 7 heteroatoms. The third-order valence-electron chi connectivity index (χ3n) is 2.59. The lowest BCUT2D eigenvalue weighted by molar-refractivity contribution is 0.879. The molecule has 0 atom stereocenters. The third-order valence-corrected chi connectivity index (χ3v) is 2.90. The maximum atomic E-state index is 6.23. The first kappa shape index (κ1) is 10.8. The molecule has 0 fully saturated rings. The highest BCUT2D eigenvalue weighted by Crippen LogP contribution is 2.29. The lowest BCUT2D eigenvalue weighted by atomic mass is 10.1. The molecule has 0 radical (unpaired) electrons. The van der Waals surface area contributed by atoms with Crippen LogP contribution in [0.1, 0.15) is 0 Å². The van der Waals surface area contributed by atoms with Crippen LogP contribution in [0.15, 0.2) is 37.1 Å². The van der Waals surface area contributed by atoms with E-state index in [9.17, 15) is 0 Å². The van der Waals surface area contributed by atoms with E-state index in [1.165, 1.54) is 6.33 Å². The summed E-state index contributed by atoms with van der Waals surface area (Å²) in [6, 6.07) is 5.59. The van der Waals surface area contributed by atoms with Gasteiger partial charge in [-0.25, -0.2) is 9.67 Å². The SMILES string of the molecule is Nc1[nH]ncc1-c1ccc(-n2cncn2)c(Cl)c1. The van der Waals surface area contributed by atoms with Crippen molar-refractivity contribution in [2.75, 3.05) is 5.73 Å². The van der Waals surface area contributed by atoms with Crippen molar-refractivity contribution >= 4 is 17.4 Å². The standard InChI is InChI=1S/C11H9ClN6/c12-9-3-7(8-4-15-17-11(8)13)1-2-10(9)18-6-14-5-16-18/h1-6H,(H3,13,15,17). The van der Waals surface area contributed by atoms with E-state index in [1.807, 2.05) is 18.2 Å². The lowest BCUT2D eigenvalue weighted by Crippen LogP contribution is -1.95. The number of hydrogen-bond acceptors (Lipinski definition) is 4. The second-order valence-corrected chi connectivity index (χ2v) is 4.11. The molecule has 0 aliphatic carbocycles. The molecule has 0 aliphatic heterocycles. The molecule has 0 aliphatic rings. The number of rotatable bonds is 2. The number of aromatic nitrogens is 5. The van der Waals surface area contributed by atoms with Crippen LogP contribution in [0.4, 0.5) is 5.82 Å². The first-order valence-electron chi connectivity index (χ1n) is 5.19. The summed E-state index contributed by atoms with van der Waals surface area (Å²) in [7, 11) is 0. The normalized spacial score (nSPS) is 10.7. The molecular weight excluding hydrogens is 252 g/mol. The van der Waals surface area contributed by atoms with E-state index >= 15 is 0 Å². The van der Waals surface area contributed by atoms with Gasteiger partial charge in [0.1, 0.15) is 18.5 Å². The number of aromatic amines is 1. The average Bonchev–Trinajstić information content (AvgIpc) is 2.99. The van der Waals surface area contributed by atoms with E-state index in [0.717, 1.165) is 16.8 Å². The van der Waals surface area contributed by atoms with Crippen LogP contribution < -0.4 is 5.73 Å². The second kappa shape index (κ2) is 4.15. The summed E-state index contributed by atoms with van der Waals surface area (Å²) < 4.78 is 1.60. The van der Waals surface area contributed by atoms with Crippen LogP contribution in [0, 0.1) is 0 Å². The molecule has 90 valence electrons. The Morgan fingerprint density at radius 1 is 1.33 bits per heavy atom. The summed E-state index contributed by atoms with van der Waals surface area (Å²) in [5, 5.41) is 11.2. The van der Waals surface area contributed by atoms with E-state index in [0.29, 0.717) is 10.8 Å². The zero-order valence-corrected chi connectivity index (χ0v) is 9.96. The fourth-order valence-corrected chi connectivity index (χ4v) is 1.99. The van der Waals surface area contributed by atoms with Gasteiger partial charge < -0.3 is 5.73 Å². The first-order valence-corrected chi connectivity index (χ1v) is 5.57. The molecule has 3 aromatic rings. The number of nitrogens with two attached hydrogens (primary N) is 1. The van der Waals surface area contributed by atoms with Crippen molar-refractivity contribution in [3.63, 3.8) is 0 Å². The number of halogens is 1. The molecule has 3 N–H and O–H groups in total. The van der Waals surface area contributed by atoms with Crippen molar-refractivity contribution in [1.29, 1.82) is 0 Å². The van der Waals surface area contributed by atoms with Crippen molar-refractivity contribution in [3.8, 4) is 16.8 Å². The Balaban J connectivity index is 2.07. The van der Waals surface area contributed by atoms with Gasteiger partial charge in [0.25, 0.3) is 0 Å². The maximum absolute atomic E-state index is 6.23. The highest BCUT2D eigenvalue weighted by molar-refractivity contribution is 6.32. The van der Waals surface area contributed by atoms with Crippen LogP contribution in [-0.2, 0) is 0 Å².